The van der Waals surface area contributed by atoms with E-state index in [1.54, 1.807) is 6.07 Å². The molecule has 1 rings (SSSR count). The first-order valence-electron chi connectivity index (χ1n) is 6.16. The Kier molecular flexibility index (Phi) is 6.13. The Morgan fingerprint density at radius 3 is 2.53 bits per heavy atom. The first-order valence-corrected chi connectivity index (χ1v) is 7.60. The highest BCUT2D eigenvalue weighted by atomic mass is 32.2. The van der Waals surface area contributed by atoms with Crippen molar-refractivity contribution in [2.24, 2.45) is 0 Å². The first-order chi connectivity index (χ1) is 8.92. The predicted octanol–water partition coefficient (Wildman–Crippen LogP) is 0.453. The topological polar surface area (TPSA) is 87.2 Å². The van der Waals surface area contributed by atoms with Crippen molar-refractivity contribution in [2.75, 3.05) is 24.9 Å². The summed E-state index contributed by atoms with van der Waals surface area (Å²) in [7, 11) is -2.06. The van der Waals surface area contributed by atoms with Gasteiger partial charge in [0, 0.05) is 32.0 Å². The Morgan fingerprint density at radius 2 is 1.95 bits per heavy atom. The molecule has 1 heterocycles. The molecule has 0 saturated carbocycles. The summed E-state index contributed by atoms with van der Waals surface area (Å²) in [5.74, 6) is 0.0784. The maximum atomic E-state index is 11.9. The largest absolute Gasteiger partial charge is 0.314 e. The summed E-state index contributed by atoms with van der Waals surface area (Å²) >= 11 is 0. The third-order valence-electron chi connectivity index (χ3n) is 2.40. The SMILES string of the molecule is CC(C)NCCCN(C)S(=O)(=O)Nc1ncccn1. The zero-order valence-electron chi connectivity index (χ0n) is 11.5. The van der Waals surface area contributed by atoms with Gasteiger partial charge in [-0.1, -0.05) is 13.8 Å². The predicted molar refractivity (Wildman–Crippen MR) is 75.0 cm³/mol. The second-order valence-corrected chi connectivity index (χ2v) is 6.24. The molecule has 0 bridgehead atoms. The molecule has 0 spiro atoms. The third kappa shape index (κ3) is 5.95. The second kappa shape index (κ2) is 7.37. The molecule has 0 amide bonds. The molecular weight excluding hydrogens is 266 g/mol. The summed E-state index contributed by atoms with van der Waals surface area (Å²) in [5, 5.41) is 3.24. The van der Waals surface area contributed by atoms with Crippen LogP contribution in [0.5, 0.6) is 0 Å². The van der Waals surface area contributed by atoms with Gasteiger partial charge in [0.05, 0.1) is 0 Å². The van der Waals surface area contributed by atoms with Crippen LogP contribution in [0.15, 0.2) is 18.5 Å². The van der Waals surface area contributed by atoms with Crippen molar-refractivity contribution in [3.05, 3.63) is 18.5 Å². The van der Waals surface area contributed by atoms with Gasteiger partial charge in [0.1, 0.15) is 0 Å². The van der Waals surface area contributed by atoms with Gasteiger partial charge in [-0.3, -0.25) is 0 Å². The Morgan fingerprint density at radius 1 is 1.32 bits per heavy atom. The van der Waals surface area contributed by atoms with Crippen molar-refractivity contribution >= 4 is 16.2 Å². The third-order valence-corrected chi connectivity index (χ3v) is 3.84. The summed E-state index contributed by atoms with van der Waals surface area (Å²) in [6.45, 7) is 5.31. The van der Waals surface area contributed by atoms with E-state index in [9.17, 15) is 8.42 Å². The lowest BCUT2D eigenvalue weighted by Gasteiger charge is -2.17. The molecule has 0 aliphatic heterocycles. The molecule has 1 aromatic rings. The van der Waals surface area contributed by atoms with Crippen LogP contribution in [0.3, 0.4) is 0 Å². The van der Waals surface area contributed by atoms with E-state index in [0.29, 0.717) is 12.6 Å². The molecule has 0 fully saturated rings. The molecule has 0 atom stereocenters. The Bertz CT molecular complexity index is 463. The molecule has 0 radical (unpaired) electrons. The van der Waals surface area contributed by atoms with E-state index in [1.165, 1.54) is 23.7 Å². The molecule has 7 nitrogen and oxygen atoms in total. The van der Waals surface area contributed by atoms with Gasteiger partial charge in [-0.25, -0.2) is 14.7 Å². The van der Waals surface area contributed by atoms with Crippen LogP contribution in [-0.2, 0) is 10.2 Å². The number of anilines is 1. The van der Waals surface area contributed by atoms with Crippen LogP contribution >= 0.6 is 0 Å². The van der Waals surface area contributed by atoms with Crippen LogP contribution in [0.25, 0.3) is 0 Å². The van der Waals surface area contributed by atoms with Crippen LogP contribution in [0.4, 0.5) is 5.95 Å². The van der Waals surface area contributed by atoms with E-state index in [4.69, 9.17) is 0 Å². The molecule has 0 saturated heterocycles. The quantitative estimate of drug-likeness (QED) is 0.678. The van der Waals surface area contributed by atoms with Crippen LogP contribution < -0.4 is 10.0 Å². The van der Waals surface area contributed by atoms with Crippen LogP contribution in [0.2, 0.25) is 0 Å². The Balaban J connectivity index is 2.44. The van der Waals surface area contributed by atoms with Crippen molar-refractivity contribution < 1.29 is 8.42 Å². The molecule has 0 unspecified atom stereocenters. The highest BCUT2D eigenvalue weighted by Crippen LogP contribution is 2.03. The molecular formula is C11H21N5O2S. The molecule has 0 aliphatic rings. The summed E-state index contributed by atoms with van der Waals surface area (Å²) in [5.41, 5.74) is 0. The van der Waals surface area contributed by atoms with Gasteiger partial charge in [0.2, 0.25) is 5.95 Å². The highest BCUT2D eigenvalue weighted by Gasteiger charge is 2.17. The molecule has 8 heteroatoms. The summed E-state index contributed by atoms with van der Waals surface area (Å²) in [4.78, 5) is 7.65. The molecule has 0 aliphatic carbocycles. The normalized spacial score (nSPS) is 12.1. The monoisotopic (exact) mass is 287 g/mol. The number of nitrogens with one attached hydrogen (secondary N) is 2. The molecule has 0 aromatic carbocycles. The maximum Gasteiger partial charge on any atom is 0.303 e. The van der Waals surface area contributed by atoms with E-state index >= 15 is 0 Å². The van der Waals surface area contributed by atoms with Crippen molar-refractivity contribution in [2.45, 2.75) is 26.3 Å². The van der Waals surface area contributed by atoms with Crippen molar-refractivity contribution in [1.82, 2.24) is 19.6 Å². The van der Waals surface area contributed by atoms with Crippen LogP contribution in [-0.4, -0.2) is 48.9 Å². The van der Waals surface area contributed by atoms with E-state index < -0.39 is 10.2 Å². The molecule has 108 valence electrons. The van der Waals surface area contributed by atoms with E-state index in [-0.39, 0.29) is 5.95 Å². The average molecular weight is 287 g/mol. The zero-order chi connectivity index (χ0) is 14.3. The number of aromatic nitrogens is 2. The Labute approximate surface area is 114 Å². The van der Waals surface area contributed by atoms with Gasteiger partial charge in [-0.15, -0.1) is 0 Å². The fourth-order valence-corrected chi connectivity index (χ4v) is 2.22. The summed E-state index contributed by atoms with van der Waals surface area (Å²) < 4.78 is 27.5. The summed E-state index contributed by atoms with van der Waals surface area (Å²) in [6.07, 6.45) is 3.71. The van der Waals surface area contributed by atoms with Crippen LogP contribution in [0, 0.1) is 0 Å². The van der Waals surface area contributed by atoms with Gasteiger partial charge in [0.15, 0.2) is 0 Å². The van der Waals surface area contributed by atoms with Gasteiger partial charge in [-0.05, 0) is 19.0 Å². The van der Waals surface area contributed by atoms with Crippen LogP contribution in [0.1, 0.15) is 20.3 Å². The van der Waals surface area contributed by atoms with E-state index in [0.717, 1.165) is 13.0 Å². The van der Waals surface area contributed by atoms with E-state index in [1.807, 2.05) is 0 Å². The minimum atomic E-state index is -3.58. The number of rotatable bonds is 8. The van der Waals surface area contributed by atoms with Crippen molar-refractivity contribution in [3.63, 3.8) is 0 Å². The fourth-order valence-electron chi connectivity index (χ4n) is 1.36. The fraction of sp³-hybridized carbons (Fsp3) is 0.636. The smallest absolute Gasteiger partial charge is 0.303 e. The average Bonchev–Trinajstić information content (AvgIpc) is 2.34. The second-order valence-electron chi connectivity index (χ2n) is 4.46. The minimum Gasteiger partial charge on any atom is -0.314 e. The highest BCUT2D eigenvalue weighted by molar-refractivity contribution is 7.90. The maximum absolute atomic E-state index is 11.9. The molecule has 2 N–H and O–H groups in total. The number of hydrogen-bond acceptors (Lipinski definition) is 5. The Hall–Kier alpha value is -1.25. The van der Waals surface area contributed by atoms with Gasteiger partial charge in [0.25, 0.3) is 0 Å². The summed E-state index contributed by atoms with van der Waals surface area (Å²) in [6, 6.07) is 2.02. The lowest BCUT2D eigenvalue weighted by Crippen LogP contribution is -2.35. The minimum absolute atomic E-state index is 0.0784. The lowest BCUT2D eigenvalue weighted by molar-refractivity contribution is 0.451. The molecule has 19 heavy (non-hydrogen) atoms. The van der Waals surface area contributed by atoms with Crippen molar-refractivity contribution in [3.8, 4) is 0 Å². The molecule has 1 aromatic heterocycles. The van der Waals surface area contributed by atoms with Gasteiger partial charge in [-0.2, -0.15) is 12.7 Å². The first kappa shape index (κ1) is 15.8. The van der Waals surface area contributed by atoms with Gasteiger partial charge < -0.3 is 5.32 Å². The number of hydrogen-bond donors (Lipinski definition) is 2. The standard InChI is InChI=1S/C11H21N5O2S/c1-10(2)12-8-5-9-16(3)19(17,18)15-11-13-6-4-7-14-11/h4,6-7,10,12H,5,8-9H2,1-3H3,(H,13,14,15). The zero-order valence-corrected chi connectivity index (χ0v) is 12.3. The van der Waals surface area contributed by atoms with Crippen molar-refractivity contribution in [1.29, 1.82) is 0 Å². The van der Waals surface area contributed by atoms with E-state index in [2.05, 4.69) is 33.9 Å². The van der Waals surface area contributed by atoms with Gasteiger partial charge >= 0.3 is 10.2 Å². The number of nitrogens with zero attached hydrogens (tertiary/aromatic N) is 3. The lowest BCUT2D eigenvalue weighted by atomic mass is 10.3.